The van der Waals surface area contributed by atoms with Crippen molar-refractivity contribution in [2.24, 2.45) is 0 Å². The summed E-state index contributed by atoms with van der Waals surface area (Å²) in [6.45, 7) is 1.77. The molecule has 35 heavy (non-hydrogen) atoms. The van der Waals surface area contributed by atoms with Crippen LogP contribution in [0.4, 0.5) is 10.5 Å². The van der Waals surface area contributed by atoms with Crippen molar-refractivity contribution in [3.63, 3.8) is 0 Å². The van der Waals surface area contributed by atoms with Crippen molar-refractivity contribution in [1.29, 1.82) is 0 Å². The topological polar surface area (TPSA) is 114 Å². The second kappa shape index (κ2) is 10.3. The fraction of sp³-hybridized carbons (Fsp3) is 0.222. The summed E-state index contributed by atoms with van der Waals surface area (Å²) in [6, 6.07) is 19.5. The van der Waals surface area contributed by atoms with Gasteiger partial charge in [0, 0.05) is 12.0 Å². The van der Waals surface area contributed by atoms with Gasteiger partial charge in [-0.3, -0.25) is 10.1 Å². The quantitative estimate of drug-likeness (QED) is 0.438. The highest BCUT2D eigenvalue weighted by molar-refractivity contribution is 6.04. The summed E-state index contributed by atoms with van der Waals surface area (Å²) in [7, 11) is 1.46. The van der Waals surface area contributed by atoms with E-state index in [0.717, 1.165) is 22.3 Å². The monoisotopic (exact) mass is 474 g/mol. The standard InChI is InChI=1S/C27H26N2O6/c1-3-23(26(31)32)28-25(30)21-13-12-16(34-2)14-24(21)29-27(33)35-15-22-19-10-6-4-8-17(19)18-9-5-7-11-20(18)22/h4-14,22-23H,3,15H2,1-2H3,(H,28,30)(H,29,33)(H,31,32)/t23-/m1/s1. The van der Waals surface area contributed by atoms with Gasteiger partial charge in [0.05, 0.1) is 18.4 Å². The van der Waals surface area contributed by atoms with Gasteiger partial charge >= 0.3 is 12.1 Å². The minimum atomic E-state index is -1.14. The molecule has 0 saturated carbocycles. The van der Waals surface area contributed by atoms with Crippen molar-refractivity contribution in [1.82, 2.24) is 5.32 Å². The molecular weight excluding hydrogens is 448 g/mol. The number of carboxylic acids is 1. The van der Waals surface area contributed by atoms with Crippen LogP contribution in [0.15, 0.2) is 66.7 Å². The summed E-state index contributed by atoms with van der Waals surface area (Å²) in [5.74, 6) is -1.46. The van der Waals surface area contributed by atoms with Gasteiger partial charge in [0.25, 0.3) is 5.91 Å². The van der Waals surface area contributed by atoms with Crippen molar-refractivity contribution < 1.29 is 29.0 Å². The molecule has 1 aliphatic carbocycles. The third-order valence-corrected chi connectivity index (χ3v) is 6.06. The Kier molecular flexibility index (Phi) is 7.01. The van der Waals surface area contributed by atoms with Crippen LogP contribution in [0.3, 0.4) is 0 Å². The highest BCUT2D eigenvalue weighted by atomic mass is 16.5. The first-order valence-electron chi connectivity index (χ1n) is 11.3. The highest BCUT2D eigenvalue weighted by Gasteiger charge is 2.29. The van der Waals surface area contributed by atoms with Crippen LogP contribution in [0.25, 0.3) is 11.1 Å². The second-order valence-corrected chi connectivity index (χ2v) is 8.13. The number of rotatable bonds is 8. The number of carbonyl (C=O) groups is 3. The zero-order valence-corrected chi connectivity index (χ0v) is 19.4. The van der Waals surface area contributed by atoms with E-state index in [1.807, 2.05) is 36.4 Å². The third kappa shape index (κ3) is 4.96. The largest absolute Gasteiger partial charge is 0.497 e. The Bertz CT molecular complexity index is 1230. The van der Waals surface area contributed by atoms with Crippen molar-refractivity contribution in [3.05, 3.63) is 83.4 Å². The Morgan fingerprint density at radius 2 is 1.60 bits per heavy atom. The van der Waals surface area contributed by atoms with E-state index in [2.05, 4.69) is 22.8 Å². The van der Waals surface area contributed by atoms with Gasteiger partial charge in [0.15, 0.2) is 0 Å². The van der Waals surface area contributed by atoms with Crippen LogP contribution in [-0.4, -0.2) is 42.8 Å². The number of fused-ring (bicyclic) bond motifs is 3. The molecule has 8 nitrogen and oxygen atoms in total. The Balaban J connectivity index is 1.50. The molecule has 0 spiro atoms. The zero-order valence-electron chi connectivity index (χ0n) is 19.4. The van der Waals surface area contributed by atoms with E-state index in [9.17, 15) is 19.5 Å². The van der Waals surface area contributed by atoms with Gasteiger partial charge in [-0.05, 0) is 40.8 Å². The van der Waals surface area contributed by atoms with E-state index in [0.29, 0.717) is 5.75 Å². The lowest BCUT2D eigenvalue weighted by atomic mass is 9.98. The average Bonchev–Trinajstić information content (AvgIpc) is 3.19. The van der Waals surface area contributed by atoms with E-state index in [4.69, 9.17) is 9.47 Å². The number of amides is 2. The van der Waals surface area contributed by atoms with Gasteiger partial charge in [-0.1, -0.05) is 55.5 Å². The minimum Gasteiger partial charge on any atom is -0.497 e. The number of hydrogen-bond donors (Lipinski definition) is 3. The molecule has 1 aliphatic rings. The molecule has 3 aromatic carbocycles. The molecule has 0 unspecified atom stereocenters. The SMILES string of the molecule is CC[C@@H](NC(=O)c1ccc(OC)cc1NC(=O)OCC1c2ccccc2-c2ccccc21)C(=O)O. The number of anilines is 1. The lowest BCUT2D eigenvalue weighted by molar-refractivity contribution is -0.139. The van der Waals surface area contributed by atoms with E-state index in [1.165, 1.54) is 19.2 Å². The summed E-state index contributed by atoms with van der Waals surface area (Å²) >= 11 is 0. The molecule has 0 heterocycles. The molecule has 0 fully saturated rings. The highest BCUT2D eigenvalue weighted by Crippen LogP contribution is 2.44. The first-order valence-corrected chi connectivity index (χ1v) is 11.3. The van der Waals surface area contributed by atoms with Crippen molar-refractivity contribution >= 4 is 23.7 Å². The van der Waals surface area contributed by atoms with Crippen LogP contribution in [0.2, 0.25) is 0 Å². The van der Waals surface area contributed by atoms with Gasteiger partial charge in [-0.15, -0.1) is 0 Å². The molecule has 3 N–H and O–H groups in total. The number of benzene rings is 3. The number of hydrogen-bond acceptors (Lipinski definition) is 5. The molecule has 3 aromatic rings. The Labute approximate surface area is 202 Å². The molecule has 0 saturated heterocycles. The molecule has 180 valence electrons. The summed E-state index contributed by atoms with van der Waals surface area (Å²) in [4.78, 5) is 36.8. The van der Waals surface area contributed by atoms with Crippen LogP contribution < -0.4 is 15.4 Å². The van der Waals surface area contributed by atoms with Gasteiger partial charge in [0.1, 0.15) is 18.4 Å². The predicted octanol–water partition coefficient (Wildman–Crippen LogP) is 4.65. The minimum absolute atomic E-state index is 0.0963. The lowest BCUT2D eigenvalue weighted by Crippen LogP contribution is -2.40. The van der Waals surface area contributed by atoms with E-state index in [1.54, 1.807) is 13.0 Å². The van der Waals surface area contributed by atoms with Crippen molar-refractivity contribution in [2.75, 3.05) is 19.0 Å². The van der Waals surface area contributed by atoms with E-state index >= 15 is 0 Å². The Hall–Kier alpha value is -4.33. The zero-order chi connectivity index (χ0) is 24.9. The van der Waals surface area contributed by atoms with Crippen LogP contribution in [-0.2, 0) is 9.53 Å². The number of methoxy groups -OCH3 is 1. The van der Waals surface area contributed by atoms with E-state index < -0.39 is 24.0 Å². The molecular formula is C27H26N2O6. The van der Waals surface area contributed by atoms with Crippen LogP contribution in [0.1, 0.15) is 40.7 Å². The van der Waals surface area contributed by atoms with Crippen LogP contribution in [0, 0.1) is 0 Å². The summed E-state index contributed by atoms with van der Waals surface area (Å²) in [5.41, 5.74) is 4.66. The molecule has 2 amide bonds. The summed E-state index contributed by atoms with van der Waals surface area (Å²) < 4.78 is 10.8. The molecule has 1 atom stereocenters. The molecule has 0 bridgehead atoms. The molecule has 8 heteroatoms. The van der Waals surface area contributed by atoms with Gasteiger partial charge in [-0.2, -0.15) is 0 Å². The number of nitrogens with one attached hydrogen (secondary N) is 2. The maximum atomic E-state index is 12.8. The maximum Gasteiger partial charge on any atom is 0.411 e. The maximum absolute atomic E-state index is 12.8. The number of ether oxygens (including phenoxy) is 2. The Morgan fingerprint density at radius 1 is 0.971 bits per heavy atom. The second-order valence-electron chi connectivity index (χ2n) is 8.13. The average molecular weight is 475 g/mol. The van der Waals surface area contributed by atoms with Crippen LogP contribution in [0.5, 0.6) is 5.75 Å². The number of carbonyl (C=O) groups excluding carboxylic acids is 2. The number of carboxylic acid groups (broad SMARTS) is 1. The molecule has 0 aromatic heterocycles. The predicted molar refractivity (Wildman–Crippen MR) is 131 cm³/mol. The first kappa shape index (κ1) is 23.8. The summed E-state index contributed by atoms with van der Waals surface area (Å²) in [5, 5.41) is 14.3. The number of aliphatic carboxylic acids is 1. The van der Waals surface area contributed by atoms with Crippen molar-refractivity contribution in [2.45, 2.75) is 25.3 Å². The fourth-order valence-corrected chi connectivity index (χ4v) is 4.27. The third-order valence-electron chi connectivity index (χ3n) is 6.06. The Morgan fingerprint density at radius 3 is 2.17 bits per heavy atom. The summed E-state index contributed by atoms with van der Waals surface area (Å²) in [6.07, 6.45) is -0.522. The molecule has 0 radical (unpaired) electrons. The van der Waals surface area contributed by atoms with Gasteiger partial charge < -0.3 is 19.9 Å². The van der Waals surface area contributed by atoms with Crippen molar-refractivity contribution in [3.8, 4) is 16.9 Å². The molecule has 4 rings (SSSR count). The smallest absolute Gasteiger partial charge is 0.411 e. The van der Waals surface area contributed by atoms with Gasteiger partial charge in [-0.25, -0.2) is 9.59 Å². The normalized spacial score (nSPS) is 12.7. The van der Waals surface area contributed by atoms with E-state index in [-0.39, 0.29) is 30.2 Å². The van der Waals surface area contributed by atoms with Gasteiger partial charge in [0.2, 0.25) is 0 Å². The lowest BCUT2D eigenvalue weighted by Gasteiger charge is -2.17. The fourth-order valence-electron chi connectivity index (χ4n) is 4.27. The molecule has 0 aliphatic heterocycles. The van der Waals surface area contributed by atoms with Crippen LogP contribution >= 0.6 is 0 Å². The first-order chi connectivity index (χ1) is 16.9.